The van der Waals surface area contributed by atoms with Crippen LogP contribution in [0.3, 0.4) is 0 Å². The first-order valence-corrected chi connectivity index (χ1v) is 23.0. The lowest BCUT2D eigenvalue weighted by Crippen LogP contribution is -2.43. The number of ether oxygens (including phenoxy) is 1. The molecule has 0 aromatic heterocycles. The van der Waals surface area contributed by atoms with Crippen molar-refractivity contribution < 1.29 is 28.7 Å². The molecular formula is C50H65N5O6. The van der Waals surface area contributed by atoms with Crippen LogP contribution in [0.1, 0.15) is 128 Å². The summed E-state index contributed by atoms with van der Waals surface area (Å²) >= 11 is 0. The number of rotatable bonds is 21. The Kier molecular flexibility index (Phi) is 15.3. The molecule has 61 heavy (non-hydrogen) atoms. The number of likely N-dealkylation sites (tertiary alicyclic amines) is 2. The fraction of sp³-hybridized carbons (Fsp3) is 0.540. The van der Waals surface area contributed by atoms with E-state index in [1.165, 1.54) is 24.0 Å². The molecule has 11 nitrogen and oxygen atoms in total. The molecule has 0 unspecified atom stereocenters. The monoisotopic (exact) mass is 831 g/mol. The molecule has 2 heterocycles. The van der Waals surface area contributed by atoms with E-state index in [4.69, 9.17) is 4.74 Å². The van der Waals surface area contributed by atoms with Crippen molar-refractivity contribution in [2.75, 3.05) is 39.3 Å². The van der Waals surface area contributed by atoms with Gasteiger partial charge in [0, 0.05) is 74.4 Å². The number of carbonyl (C=O) groups is 5. The third kappa shape index (κ3) is 11.5. The van der Waals surface area contributed by atoms with Gasteiger partial charge in [-0.3, -0.25) is 24.0 Å². The van der Waals surface area contributed by atoms with Crippen molar-refractivity contribution in [1.29, 1.82) is 0 Å². The van der Waals surface area contributed by atoms with E-state index in [0.717, 1.165) is 57.8 Å². The van der Waals surface area contributed by atoms with Crippen LogP contribution in [0.5, 0.6) is 0 Å². The van der Waals surface area contributed by atoms with Gasteiger partial charge in [-0.15, -0.1) is 0 Å². The summed E-state index contributed by atoms with van der Waals surface area (Å²) in [7, 11) is 0. The van der Waals surface area contributed by atoms with Crippen LogP contribution in [0.4, 0.5) is 0 Å². The number of amides is 5. The predicted molar refractivity (Wildman–Crippen MR) is 236 cm³/mol. The van der Waals surface area contributed by atoms with Crippen molar-refractivity contribution in [2.24, 2.45) is 17.8 Å². The summed E-state index contributed by atoms with van der Waals surface area (Å²) in [6, 6.07) is 26.8. The van der Waals surface area contributed by atoms with E-state index in [1.54, 1.807) is 34.1 Å². The molecule has 2 saturated carbocycles. The number of hydrogen-bond donors (Lipinski definition) is 3. The van der Waals surface area contributed by atoms with Gasteiger partial charge in [0.1, 0.15) is 0 Å². The Hall–Kier alpha value is -5.03. The van der Waals surface area contributed by atoms with Crippen LogP contribution >= 0.6 is 0 Å². The lowest BCUT2D eigenvalue weighted by Gasteiger charge is -2.18. The predicted octanol–water partition coefficient (Wildman–Crippen LogP) is 6.84. The summed E-state index contributed by atoms with van der Waals surface area (Å²) in [6.45, 7) is 6.34. The van der Waals surface area contributed by atoms with Crippen LogP contribution in [-0.4, -0.2) is 96.9 Å². The molecule has 3 aromatic rings. The molecule has 0 radical (unpaired) electrons. The first-order chi connectivity index (χ1) is 29.7. The third-order valence-electron chi connectivity index (χ3n) is 13.2. The standard InChI is InChI=1S/C50H65N5O6/c1-3-5-7-9-17-27-61-45-33-55(32-42(45)46(56)51-26-16-8-6-4-2)50(60)37-24-22-36(23-25-37)49(59)54-30-40(47(57)52-43-28-38(43)34-18-12-10-13-19-34)41(31-54)48(58)53-44-29-39(44)35-20-14-11-15-21-35/h10-15,18-25,38-45H,3-9,16-17,26-33H2,1-2H3,(H,51,56)(H,52,57)(H,53,58)/t38-,39-,40-,41-,42+,43+,44+,45-/m1/s1. The maximum Gasteiger partial charge on any atom is 0.253 e. The number of unbranched alkanes of at least 4 members (excludes halogenated alkanes) is 7. The van der Waals surface area contributed by atoms with Crippen LogP contribution in [0.15, 0.2) is 84.9 Å². The van der Waals surface area contributed by atoms with Crippen molar-refractivity contribution in [2.45, 2.75) is 114 Å². The topological polar surface area (TPSA) is 137 Å². The van der Waals surface area contributed by atoms with Gasteiger partial charge in [0.2, 0.25) is 17.7 Å². The fourth-order valence-corrected chi connectivity index (χ4v) is 9.24. The molecule has 4 aliphatic rings. The SMILES string of the molecule is CCCCCCCO[C@@H]1CN(C(=O)c2ccc(C(=O)N3C[C@@H](C(=O)N[C@H]4C[C@@H]4c4ccccc4)[C@H](C(=O)N[C@H]4C[C@@H]4c4ccccc4)C3)cc2)C[C@@H]1C(=O)NCCCCCC. The van der Waals surface area contributed by atoms with E-state index in [2.05, 4.69) is 54.1 Å². The maximum atomic E-state index is 14.1. The van der Waals surface area contributed by atoms with Crippen LogP contribution in [-0.2, 0) is 19.1 Å². The molecule has 0 bridgehead atoms. The Bertz CT molecular complexity index is 1870. The molecule has 3 N–H and O–H groups in total. The van der Waals surface area contributed by atoms with Crippen LogP contribution in [0.2, 0.25) is 0 Å². The normalized spacial score (nSPS) is 25.2. The molecule has 11 heteroatoms. The molecule has 2 saturated heterocycles. The molecule has 8 atom stereocenters. The number of benzene rings is 3. The summed E-state index contributed by atoms with van der Waals surface area (Å²) in [5, 5.41) is 9.48. The van der Waals surface area contributed by atoms with E-state index in [1.807, 2.05) is 36.4 Å². The second-order valence-electron chi connectivity index (χ2n) is 17.7. The molecule has 4 fully saturated rings. The van der Waals surface area contributed by atoms with Gasteiger partial charge in [-0.2, -0.15) is 0 Å². The van der Waals surface area contributed by atoms with Crippen molar-refractivity contribution >= 4 is 29.5 Å². The third-order valence-corrected chi connectivity index (χ3v) is 13.2. The number of hydrogen-bond acceptors (Lipinski definition) is 6. The summed E-state index contributed by atoms with van der Waals surface area (Å²) in [5.41, 5.74) is 3.15. The minimum atomic E-state index is -0.695. The van der Waals surface area contributed by atoms with Gasteiger partial charge in [0.05, 0.1) is 23.9 Å². The second kappa shape index (κ2) is 21.2. The van der Waals surface area contributed by atoms with Gasteiger partial charge < -0.3 is 30.5 Å². The highest BCUT2D eigenvalue weighted by molar-refractivity contribution is 5.99. The van der Waals surface area contributed by atoms with Gasteiger partial charge >= 0.3 is 0 Å². The Morgan fingerprint density at radius 2 is 1.00 bits per heavy atom. The molecule has 5 amide bonds. The Balaban J connectivity index is 0.981. The first-order valence-electron chi connectivity index (χ1n) is 23.0. The minimum Gasteiger partial charge on any atom is -0.375 e. The molecule has 326 valence electrons. The van der Waals surface area contributed by atoms with Gasteiger partial charge in [-0.25, -0.2) is 0 Å². The van der Waals surface area contributed by atoms with Crippen LogP contribution in [0, 0.1) is 17.8 Å². The van der Waals surface area contributed by atoms with E-state index >= 15 is 0 Å². The Morgan fingerprint density at radius 3 is 1.51 bits per heavy atom. The average molecular weight is 832 g/mol. The second-order valence-corrected chi connectivity index (χ2v) is 17.7. The Morgan fingerprint density at radius 1 is 0.541 bits per heavy atom. The van der Waals surface area contributed by atoms with E-state index in [9.17, 15) is 24.0 Å². The highest BCUT2D eigenvalue weighted by Crippen LogP contribution is 2.42. The first kappa shape index (κ1) is 44.0. The summed E-state index contributed by atoms with van der Waals surface area (Å²) < 4.78 is 6.27. The van der Waals surface area contributed by atoms with E-state index in [0.29, 0.717) is 30.8 Å². The molecular weight excluding hydrogens is 767 g/mol. The van der Waals surface area contributed by atoms with Crippen molar-refractivity contribution in [3.05, 3.63) is 107 Å². The summed E-state index contributed by atoms with van der Waals surface area (Å²) in [4.78, 5) is 72.4. The highest BCUT2D eigenvalue weighted by Gasteiger charge is 2.49. The number of nitrogens with one attached hydrogen (secondary N) is 3. The lowest BCUT2D eigenvalue weighted by atomic mass is 9.94. The zero-order valence-corrected chi connectivity index (χ0v) is 36.1. The summed E-state index contributed by atoms with van der Waals surface area (Å²) in [5.74, 6) is -2.37. The molecule has 3 aromatic carbocycles. The molecule has 2 aliphatic carbocycles. The lowest BCUT2D eigenvalue weighted by molar-refractivity contribution is -0.133. The van der Waals surface area contributed by atoms with Gasteiger partial charge in [-0.1, -0.05) is 119 Å². The largest absolute Gasteiger partial charge is 0.375 e. The highest BCUT2D eigenvalue weighted by atomic mass is 16.5. The number of nitrogens with zero attached hydrogens (tertiary/aromatic N) is 2. The smallest absolute Gasteiger partial charge is 0.253 e. The van der Waals surface area contributed by atoms with Crippen molar-refractivity contribution in [3.63, 3.8) is 0 Å². The molecule has 0 spiro atoms. The zero-order valence-electron chi connectivity index (χ0n) is 36.1. The minimum absolute atomic E-state index is 0.00690. The maximum absolute atomic E-state index is 14.1. The Labute approximate surface area is 361 Å². The van der Waals surface area contributed by atoms with E-state index in [-0.39, 0.29) is 79.2 Å². The quantitative estimate of drug-likeness (QED) is 0.101. The number of carbonyl (C=O) groups excluding carboxylic acids is 5. The van der Waals surface area contributed by atoms with Crippen molar-refractivity contribution in [3.8, 4) is 0 Å². The van der Waals surface area contributed by atoms with Gasteiger partial charge in [-0.05, 0) is 61.1 Å². The van der Waals surface area contributed by atoms with Gasteiger partial charge in [0.15, 0.2) is 0 Å². The molecule has 2 aliphatic heterocycles. The van der Waals surface area contributed by atoms with Gasteiger partial charge in [0.25, 0.3) is 11.8 Å². The van der Waals surface area contributed by atoms with Crippen LogP contribution in [0.25, 0.3) is 0 Å². The van der Waals surface area contributed by atoms with Crippen molar-refractivity contribution in [1.82, 2.24) is 25.8 Å². The fourth-order valence-electron chi connectivity index (χ4n) is 9.24. The average Bonchev–Trinajstić information content (AvgIpc) is 4.14. The zero-order chi connectivity index (χ0) is 42.7. The van der Waals surface area contributed by atoms with Crippen LogP contribution < -0.4 is 16.0 Å². The molecule has 7 rings (SSSR count). The van der Waals surface area contributed by atoms with E-state index < -0.39 is 17.8 Å². The summed E-state index contributed by atoms with van der Waals surface area (Å²) in [6.07, 6.45) is 11.1.